The van der Waals surface area contributed by atoms with Gasteiger partial charge in [0.2, 0.25) is 0 Å². The molecule has 1 heterocycles. The van der Waals surface area contributed by atoms with E-state index in [1.165, 1.54) is 6.07 Å². The first-order valence-electron chi connectivity index (χ1n) is 8.32. The van der Waals surface area contributed by atoms with E-state index in [9.17, 15) is 8.78 Å². The number of alkyl halides is 2. The van der Waals surface area contributed by atoms with Crippen LogP contribution < -0.4 is 9.47 Å². The molecular weight excluding hydrogens is 332 g/mol. The average molecular weight is 359 g/mol. The van der Waals surface area contributed by atoms with Gasteiger partial charge in [0.25, 0.3) is 5.88 Å². The first-order chi connectivity index (χ1) is 11.9. The van der Waals surface area contributed by atoms with Crippen LogP contribution in [0.25, 0.3) is 0 Å². The molecule has 0 aliphatic heterocycles. The number of aliphatic imine (C=N–C) groups is 1. The van der Waals surface area contributed by atoms with E-state index in [1.807, 2.05) is 25.8 Å². The molecule has 0 spiro atoms. The van der Waals surface area contributed by atoms with Crippen LogP contribution in [0.2, 0.25) is 0 Å². The van der Waals surface area contributed by atoms with Gasteiger partial charge in [0.1, 0.15) is 6.10 Å². The van der Waals surface area contributed by atoms with Crippen LogP contribution in [0.3, 0.4) is 0 Å². The van der Waals surface area contributed by atoms with Gasteiger partial charge >= 0.3 is 6.61 Å². The van der Waals surface area contributed by atoms with Crippen molar-refractivity contribution in [2.45, 2.75) is 46.8 Å². The van der Waals surface area contributed by atoms with Gasteiger partial charge in [0.05, 0.1) is 24.3 Å². The number of aromatic nitrogens is 1. The molecule has 1 aromatic rings. The summed E-state index contributed by atoms with van der Waals surface area (Å²) in [5.41, 5.74) is 0.997. The van der Waals surface area contributed by atoms with E-state index in [4.69, 9.17) is 9.47 Å². The fourth-order valence-corrected chi connectivity index (χ4v) is 1.81. The normalized spacial score (nSPS) is 12.6. The third-order valence-corrected chi connectivity index (χ3v) is 3.24. The highest BCUT2D eigenvalue weighted by Crippen LogP contribution is 2.33. The second-order valence-electron chi connectivity index (χ2n) is 5.60. The molecule has 1 atom stereocenters. The second kappa shape index (κ2) is 10.8. The first kappa shape index (κ1) is 21.1. The van der Waals surface area contributed by atoms with E-state index in [0.717, 1.165) is 13.0 Å². The van der Waals surface area contributed by atoms with E-state index in [-0.39, 0.29) is 17.7 Å². The average Bonchev–Trinajstić information content (AvgIpc) is 2.55. The molecule has 0 aliphatic carbocycles. The van der Waals surface area contributed by atoms with Crippen molar-refractivity contribution in [1.82, 2.24) is 9.88 Å². The molecule has 0 radical (unpaired) electrons. The molecule has 0 saturated carbocycles. The summed E-state index contributed by atoms with van der Waals surface area (Å²) in [7, 11) is 1.86. The molecule has 1 rings (SSSR count). The summed E-state index contributed by atoms with van der Waals surface area (Å²) in [5, 5.41) is 0. The van der Waals surface area contributed by atoms with Crippen molar-refractivity contribution in [3.05, 3.63) is 11.8 Å². The molecule has 1 unspecified atom stereocenters. The molecule has 142 valence electrons. The molecule has 0 aliphatic rings. The fraction of sp³-hybridized carbons (Fsp3) is 0.647. The summed E-state index contributed by atoms with van der Waals surface area (Å²) in [4.78, 5) is 10.3. The molecule has 0 aromatic carbocycles. The quantitative estimate of drug-likeness (QED) is 0.342. The number of nitrogens with zero attached hydrogens (tertiary/aromatic N) is 3. The number of aryl methyl sites for hydroxylation is 1. The number of hydrogen-bond donors (Lipinski definition) is 0. The van der Waals surface area contributed by atoms with Gasteiger partial charge in [-0.2, -0.15) is 8.78 Å². The zero-order chi connectivity index (χ0) is 18.8. The Labute approximate surface area is 147 Å². The zero-order valence-corrected chi connectivity index (χ0v) is 15.5. The third kappa shape index (κ3) is 7.64. The number of halogens is 2. The Kier molecular flexibility index (Phi) is 9.12. The lowest BCUT2D eigenvalue weighted by Gasteiger charge is -2.18. The molecule has 8 heteroatoms. The molecule has 1 aromatic heterocycles. The van der Waals surface area contributed by atoms with Crippen LogP contribution >= 0.6 is 0 Å². The van der Waals surface area contributed by atoms with Crippen LogP contribution in [0.5, 0.6) is 11.6 Å². The van der Waals surface area contributed by atoms with Crippen LogP contribution in [-0.2, 0) is 4.74 Å². The summed E-state index contributed by atoms with van der Waals surface area (Å²) >= 11 is 0. The lowest BCUT2D eigenvalue weighted by atomic mass is 10.3. The van der Waals surface area contributed by atoms with E-state index < -0.39 is 6.61 Å². The highest BCUT2D eigenvalue weighted by atomic mass is 19.3. The third-order valence-electron chi connectivity index (χ3n) is 3.24. The topological polar surface area (TPSA) is 56.2 Å². The number of pyridine rings is 1. The molecule has 0 saturated heterocycles. The van der Waals surface area contributed by atoms with Crippen molar-refractivity contribution < 1.29 is 23.0 Å². The van der Waals surface area contributed by atoms with E-state index in [0.29, 0.717) is 24.6 Å². The monoisotopic (exact) mass is 359 g/mol. The molecule has 0 fully saturated rings. The first-order valence-corrected chi connectivity index (χ1v) is 8.32. The molecule has 0 bridgehead atoms. The zero-order valence-electron chi connectivity index (χ0n) is 15.5. The van der Waals surface area contributed by atoms with Gasteiger partial charge in [-0.25, -0.2) is 9.98 Å². The van der Waals surface area contributed by atoms with Crippen molar-refractivity contribution in [2.75, 3.05) is 26.8 Å². The molecule has 25 heavy (non-hydrogen) atoms. The Morgan fingerprint density at radius 2 is 2.04 bits per heavy atom. The predicted molar refractivity (Wildman–Crippen MR) is 93.3 cm³/mol. The maximum atomic E-state index is 12.7. The van der Waals surface area contributed by atoms with Crippen molar-refractivity contribution in [2.24, 2.45) is 4.99 Å². The smallest absolute Gasteiger partial charge is 0.387 e. The Hall–Kier alpha value is -1.96. The lowest BCUT2D eigenvalue weighted by Crippen LogP contribution is -2.21. The van der Waals surface area contributed by atoms with E-state index in [2.05, 4.69) is 14.7 Å². The number of rotatable bonds is 11. The van der Waals surface area contributed by atoms with Crippen LogP contribution in [0.1, 0.15) is 32.9 Å². The van der Waals surface area contributed by atoms with Gasteiger partial charge < -0.3 is 19.1 Å². The number of ether oxygens (including phenoxy) is 3. The molecule has 6 nitrogen and oxygen atoms in total. The minimum absolute atomic E-state index is 0.00759. The largest absolute Gasteiger partial charge is 0.470 e. The Balaban J connectivity index is 2.99. The second-order valence-corrected chi connectivity index (χ2v) is 5.60. The van der Waals surface area contributed by atoms with Gasteiger partial charge in [0, 0.05) is 26.3 Å². The maximum absolute atomic E-state index is 12.7. The predicted octanol–water partition coefficient (Wildman–Crippen LogP) is 3.80. The van der Waals surface area contributed by atoms with E-state index in [1.54, 1.807) is 20.2 Å². The maximum Gasteiger partial charge on any atom is 0.387 e. The van der Waals surface area contributed by atoms with Crippen molar-refractivity contribution >= 4 is 12.0 Å². The Bertz CT molecular complexity index is 556. The van der Waals surface area contributed by atoms with Gasteiger partial charge in [-0.3, -0.25) is 0 Å². The Morgan fingerprint density at radius 3 is 2.64 bits per heavy atom. The van der Waals surface area contributed by atoms with Crippen LogP contribution in [-0.4, -0.2) is 55.7 Å². The van der Waals surface area contributed by atoms with Gasteiger partial charge in [-0.1, -0.05) is 6.92 Å². The summed E-state index contributed by atoms with van der Waals surface area (Å²) < 4.78 is 41.0. The van der Waals surface area contributed by atoms with Gasteiger partial charge in [0.15, 0.2) is 5.75 Å². The van der Waals surface area contributed by atoms with Crippen molar-refractivity contribution in [3.8, 4) is 11.6 Å². The van der Waals surface area contributed by atoms with Crippen LogP contribution in [0.4, 0.5) is 14.5 Å². The number of hydrogen-bond acceptors (Lipinski definition) is 5. The minimum atomic E-state index is -2.98. The molecule has 0 amide bonds. The van der Waals surface area contributed by atoms with Gasteiger partial charge in [-0.15, -0.1) is 0 Å². The fourth-order valence-electron chi connectivity index (χ4n) is 1.81. The summed E-state index contributed by atoms with van der Waals surface area (Å²) in [5.74, 6) is -0.137. The SMILES string of the molecule is CCCOCC(C)Oc1nc(C)c(/N=C\N(C)CC)cc1OC(F)F. The van der Waals surface area contributed by atoms with E-state index >= 15 is 0 Å². The van der Waals surface area contributed by atoms with Crippen LogP contribution in [0, 0.1) is 6.92 Å². The molecular formula is C17H27F2N3O3. The lowest BCUT2D eigenvalue weighted by molar-refractivity contribution is -0.0530. The summed E-state index contributed by atoms with van der Waals surface area (Å²) in [6.45, 7) is 6.22. The Morgan fingerprint density at radius 1 is 1.32 bits per heavy atom. The standard InChI is InChI=1S/C17H27F2N3O3/c1-6-8-23-10-12(3)24-16-15(25-17(18)19)9-14(13(4)21-16)20-11-22(5)7-2/h9,11-12,17H,6-8,10H2,1-5H3/b20-11-. The minimum Gasteiger partial charge on any atom is -0.470 e. The van der Waals surface area contributed by atoms with Crippen LogP contribution in [0.15, 0.2) is 11.1 Å². The summed E-state index contributed by atoms with van der Waals surface area (Å²) in [6, 6.07) is 1.41. The molecule has 0 N–H and O–H groups in total. The van der Waals surface area contributed by atoms with Crippen molar-refractivity contribution in [1.29, 1.82) is 0 Å². The highest BCUT2D eigenvalue weighted by molar-refractivity contribution is 5.63. The van der Waals surface area contributed by atoms with Crippen molar-refractivity contribution in [3.63, 3.8) is 0 Å². The summed E-state index contributed by atoms with van der Waals surface area (Å²) in [6.07, 6.45) is 2.15. The highest BCUT2D eigenvalue weighted by Gasteiger charge is 2.18. The van der Waals surface area contributed by atoms with Gasteiger partial charge in [-0.05, 0) is 27.2 Å².